The fourth-order valence-electron chi connectivity index (χ4n) is 1.36. The summed E-state index contributed by atoms with van der Waals surface area (Å²) in [5.41, 5.74) is -19.6. The zero-order valence-electron chi connectivity index (χ0n) is 10.2. The average molecular weight is 428 g/mol. The van der Waals surface area contributed by atoms with Crippen molar-refractivity contribution in [3.63, 3.8) is 0 Å². The Morgan fingerprint density at radius 1 is 0.826 bits per heavy atom. The van der Waals surface area contributed by atoms with E-state index < -0.39 is 57.9 Å². The van der Waals surface area contributed by atoms with Crippen LogP contribution in [-0.4, -0.2) is 37.5 Å². The van der Waals surface area contributed by atoms with Gasteiger partial charge in [-0.2, -0.15) is 39.5 Å². The molecule has 0 amide bonds. The van der Waals surface area contributed by atoms with Crippen LogP contribution >= 0.6 is 21.2 Å². The maximum atomic E-state index is 12.8. The smallest absolute Gasteiger partial charge is 0.287 e. The minimum absolute atomic E-state index is 0.783. The Morgan fingerprint density at radius 3 is 1.26 bits per heavy atom. The first kappa shape index (κ1) is 20.9. The van der Waals surface area contributed by atoms with Crippen molar-refractivity contribution in [2.45, 2.75) is 26.9 Å². The molecule has 0 aromatic carbocycles. The quantitative estimate of drug-likeness (QED) is 0.485. The monoisotopic (exact) mass is 428 g/mol. The van der Waals surface area contributed by atoms with E-state index in [2.05, 4.69) is 8.67 Å². The molecule has 0 saturated carbocycles. The Balaban J connectivity index is 3.94. The lowest BCUT2D eigenvalue weighted by Crippen LogP contribution is -2.53. The zero-order chi connectivity index (χ0) is 18.9. The van der Waals surface area contributed by atoms with Gasteiger partial charge in [-0.3, -0.25) is 9.11 Å². The molecule has 0 bridgehead atoms. The van der Waals surface area contributed by atoms with Gasteiger partial charge in [0.05, 0.1) is 0 Å². The van der Waals surface area contributed by atoms with E-state index in [0.29, 0.717) is 0 Å². The highest BCUT2D eigenvalue weighted by atomic mass is 32.4. The first-order chi connectivity index (χ1) is 9.71. The lowest BCUT2D eigenvalue weighted by molar-refractivity contribution is -0.136. The van der Waals surface area contributed by atoms with Gasteiger partial charge >= 0.3 is 16.5 Å². The SMILES string of the molecule is CC1(S(=O)(=O)C(F)(F)F)S(O)(C(F)(F)F)OOS1(O)C(F)(F)F. The third-order valence-corrected chi connectivity index (χ3v) is 12.1. The Hall–Kier alpha value is -0.140. The van der Waals surface area contributed by atoms with Crippen molar-refractivity contribution in [3.8, 4) is 0 Å². The van der Waals surface area contributed by atoms with Gasteiger partial charge in [0.25, 0.3) is 13.2 Å². The molecule has 2 unspecified atom stereocenters. The minimum Gasteiger partial charge on any atom is -0.287 e. The summed E-state index contributed by atoms with van der Waals surface area (Å²) >= 11 is 0. The maximum absolute atomic E-state index is 12.8. The number of sulfone groups is 1. The molecule has 1 saturated heterocycles. The molecular weight excluding hydrogens is 423 g/mol. The summed E-state index contributed by atoms with van der Waals surface area (Å²) in [6.45, 7) is -0.783. The van der Waals surface area contributed by atoms with Gasteiger partial charge in [-0.15, -0.1) is 0 Å². The molecule has 1 aliphatic heterocycles. The summed E-state index contributed by atoms with van der Waals surface area (Å²) in [4.78, 5) is 0. The highest BCUT2D eigenvalue weighted by molar-refractivity contribution is 8.52. The molecule has 0 spiro atoms. The molecule has 0 aromatic heterocycles. The van der Waals surface area contributed by atoms with E-state index in [1.54, 1.807) is 0 Å². The summed E-state index contributed by atoms with van der Waals surface area (Å²) in [7, 11) is -21.0. The summed E-state index contributed by atoms with van der Waals surface area (Å²) in [5.74, 6) is 0. The normalized spacial score (nSPS) is 42.8. The third kappa shape index (κ3) is 2.33. The molecule has 0 aromatic rings. The summed E-state index contributed by atoms with van der Waals surface area (Å²) < 4.78 is 156. The fourth-order valence-corrected chi connectivity index (χ4v) is 9.31. The van der Waals surface area contributed by atoms with Gasteiger partial charge < -0.3 is 0 Å². The van der Waals surface area contributed by atoms with Crippen LogP contribution in [0.25, 0.3) is 0 Å². The summed E-state index contributed by atoms with van der Waals surface area (Å²) in [6, 6.07) is 0. The number of hydrogen-bond donors (Lipinski definition) is 2. The Morgan fingerprint density at radius 2 is 1.09 bits per heavy atom. The van der Waals surface area contributed by atoms with Crippen molar-refractivity contribution in [2.75, 3.05) is 0 Å². The number of rotatable bonds is 1. The summed E-state index contributed by atoms with van der Waals surface area (Å²) in [6.07, 6.45) is 0. The van der Waals surface area contributed by atoms with Crippen LogP contribution < -0.4 is 0 Å². The molecule has 18 heteroatoms. The first-order valence-electron chi connectivity index (χ1n) is 4.62. The zero-order valence-corrected chi connectivity index (χ0v) is 12.6. The van der Waals surface area contributed by atoms with E-state index in [0.717, 1.165) is 0 Å². The number of alkyl halides is 9. The number of halogens is 9. The molecule has 1 heterocycles. The molecule has 23 heavy (non-hydrogen) atoms. The van der Waals surface area contributed by atoms with Crippen LogP contribution in [0, 0.1) is 0 Å². The fraction of sp³-hybridized carbons (Fsp3) is 1.00. The van der Waals surface area contributed by atoms with E-state index in [1.807, 2.05) is 0 Å². The van der Waals surface area contributed by atoms with Crippen LogP contribution in [0.5, 0.6) is 0 Å². The number of hydrogen-bond acceptors (Lipinski definition) is 6. The van der Waals surface area contributed by atoms with E-state index in [-0.39, 0.29) is 0 Å². The van der Waals surface area contributed by atoms with Crippen LogP contribution in [0.2, 0.25) is 0 Å². The molecule has 1 fully saturated rings. The molecule has 6 nitrogen and oxygen atoms in total. The van der Waals surface area contributed by atoms with E-state index >= 15 is 0 Å². The van der Waals surface area contributed by atoms with Crippen molar-refractivity contribution in [1.82, 2.24) is 0 Å². The van der Waals surface area contributed by atoms with Crippen molar-refractivity contribution in [1.29, 1.82) is 0 Å². The van der Waals surface area contributed by atoms with Crippen molar-refractivity contribution in [3.05, 3.63) is 0 Å². The Kier molecular flexibility index (Phi) is 4.49. The Bertz CT molecular complexity index is 566. The van der Waals surface area contributed by atoms with Gasteiger partial charge in [0.2, 0.25) is 0 Å². The lowest BCUT2D eigenvalue weighted by atomic mass is 10.9. The van der Waals surface area contributed by atoms with Gasteiger partial charge in [-0.1, -0.05) is 8.67 Å². The second-order valence-electron chi connectivity index (χ2n) is 3.89. The van der Waals surface area contributed by atoms with Crippen molar-refractivity contribution >= 4 is 31.0 Å². The molecule has 2 atom stereocenters. The highest BCUT2D eigenvalue weighted by Crippen LogP contribution is 2.90. The Labute approximate surface area is 124 Å². The van der Waals surface area contributed by atoms with Gasteiger partial charge in [0, 0.05) is 0 Å². The minimum atomic E-state index is -7.47. The van der Waals surface area contributed by atoms with E-state index in [1.165, 1.54) is 0 Å². The van der Waals surface area contributed by atoms with E-state index in [4.69, 9.17) is 0 Å². The predicted molar refractivity (Wildman–Crippen MR) is 58.1 cm³/mol. The molecule has 0 aliphatic carbocycles. The third-order valence-electron chi connectivity index (χ3n) is 2.65. The molecule has 142 valence electrons. The second kappa shape index (κ2) is 4.94. The molecule has 1 aliphatic rings. The molecule has 0 radical (unpaired) electrons. The van der Waals surface area contributed by atoms with Crippen molar-refractivity contribution in [2.24, 2.45) is 0 Å². The van der Waals surface area contributed by atoms with Gasteiger partial charge in [0.15, 0.2) is 0 Å². The largest absolute Gasteiger partial charge is 0.502 e. The van der Waals surface area contributed by atoms with Crippen LogP contribution in [0.1, 0.15) is 6.92 Å². The van der Waals surface area contributed by atoms with Gasteiger partial charge in [0.1, 0.15) is 0 Å². The van der Waals surface area contributed by atoms with Crippen LogP contribution in [0.4, 0.5) is 39.5 Å². The second-order valence-corrected chi connectivity index (χ2v) is 11.9. The molecule has 2 N–H and O–H groups in total. The van der Waals surface area contributed by atoms with Crippen LogP contribution in [0.15, 0.2) is 0 Å². The van der Waals surface area contributed by atoms with Gasteiger partial charge in [-0.25, -0.2) is 8.42 Å². The highest BCUT2D eigenvalue weighted by Gasteiger charge is 2.86. The summed E-state index contributed by atoms with van der Waals surface area (Å²) in [5, 5.41) is 0. The average Bonchev–Trinajstić information content (AvgIpc) is 2.51. The van der Waals surface area contributed by atoms with Gasteiger partial charge in [-0.05, 0) is 28.1 Å². The lowest BCUT2D eigenvalue weighted by Gasteiger charge is -2.49. The molecule has 1 rings (SSSR count). The van der Waals surface area contributed by atoms with Crippen LogP contribution in [-0.2, 0) is 18.5 Å². The predicted octanol–water partition coefficient (Wildman–Crippen LogP) is 3.98. The van der Waals surface area contributed by atoms with Crippen molar-refractivity contribution < 1.29 is 65.7 Å². The van der Waals surface area contributed by atoms with Crippen LogP contribution in [0.3, 0.4) is 0 Å². The standard InChI is InChI=1S/C5H5F9O6S3/c1-2(21(15,16)3(6,7)8)22(17,4(9,10)11)19-20-23(2,18)5(12,13)14/h17-18H,1H3. The topological polar surface area (TPSA) is 93.1 Å². The first-order valence-corrected chi connectivity index (χ1v) is 9.14. The van der Waals surface area contributed by atoms with E-state index in [9.17, 15) is 57.0 Å². The molecular formula is C5H5F9O6S3. The maximum Gasteiger partial charge on any atom is 0.502 e.